The second-order valence-electron chi connectivity index (χ2n) is 6.65. The molecule has 0 saturated heterocycles. The fourth-order valence-electron chi connectivity index (χ4n) is 2.57. The highest BCUT2D eigenvalue weighted by molar-refractivity contribution is 5.93. The van der Waals surface area contributed by atoms with Gasteiger partial charge in [0.15, 0.2) is 5.96 Å². The summed E-state index contributed by atoms with van der Waals surface area (Å²) >= 11 is 0. The van der Waals surface area contributed by atoms with Crippen LogP contribution in [0.25, 0.3) is 0 Å². The van der Waals surface area contributed by atoms with Crippen LogP contribution >= 0.6 is 0 Å². The van der Waals surface area contributed by atoms with Crippen LogP contribution in [0.4, 0.5) is 0 Å². The Morgan fingerprint density at radius 2 is 1.71 bits per heavy atom. The van der Waals surface area contributed by atoms with Gasteiger partial charge in [0.2, 0.25) is 0 Å². The normalized spacial score (nSPS) is 11.1. The van der Waals surface area contributed by atoms with Crippen molar-refractivity contribution in [2.45, 2.75) is 13.5 Å². The van der Waals surface area contributed by atoms with E-state index < -0.39 is 0 Å². The summed E-state index contributed by atoms with van der Waals surface area (Å²) in [6, 6.07) is 17.4. The quantitative estimate of drug-likeness (QED) is 0.563. The Morgan fingerprint density at radius 1 is 1.04 bits per heavy atom. The van der Waals surface area contributed by atoms with E-state index in [9.17, 15) is 4.79 Å². The van der Waals surface area contributed by atoms with Gasteiger partial charge in [-0.25, -0.2) is 4.99 Å². The molecule has 2 rings (SSSR count). The van der Waals surface area contributed by atoms with E-state index in [0.717, 1.165) is 30.4 Å². The summed E-state index contributed by atoms with van der Waals surface area (Å²) in [4.78, 5) is 20.3. The lowest BCUT2D eigenvalue weighted by Crippen LogP contribution is -2.40. The van der Waals surface area contributed by atoms with Gasteiger partial charge in [0, 0.05) is 33.3 Å². The largest absolute Gasteiger partial charge is 0.492 e. The summed E-state index contributed by atoms with van der Waals surface area (Å²) in [6.07, 6.45) is 0. The van der Waals surface area contributed by atoms with Crippen molar-refractivity contribution in [3.63, 3.8) is 0 Å². The first kappa shape index (κ1) is 21.3. The van der Waals surface area contributed by atoms with Crippen molar-refractivity contribution in [1.82, 2.24) is 15.1 Å². The van der Waals surface area contributed by atoms with Crippen molar-refractivity contribution in [2.75, 3.05) is 40.8 Å². The molecule has 150 valence electrons. The second-order valence-corrected chi connectivity index (χ2v) is 6.65. The Balaban J connectivity index is 1.92. The molecule has 0 fully saturated rings. The number of amides is 1. The third kappa shape index (κ3) is 6.61. The minimum atomic E-state index is 0.00143. The van der Waals surface area contributed by atoms with E-state index in [-0.39, 0.29) is 5.91 Å². The molecule has 28 heavy (non-hydrogen) atoms. The van der Waals surface area contributed by atoms with Gasteiger partial charge in [0.05, 0.1) is 13.1 Å². The molecule has 0 unspecified atom stereocenters. The summed E-state index contributed by atoms with van der Waals surface area (Å²) in [5, 5.41) is 3.31. The number of benzene rings is 2. The van der Waals surface area contributed by atoms with Crippen LogP contribution in [0.1, 0.15) is 22.8 Å². The van der Waals surface area contributed by atoms with E-state index in [1.807, 2.05) is 68.6 Å². The molecular formula is C22H30N4O2. The van der Waals surface area contributed by atoms with Crippen molar-refractivity contribution < 1.29 is 9.53 Å². The van der Waals surface area contributed by atoms with Gasteiger partial charge < -0.3 is 19.9 Å². The number of nitrogens with zero attached hydrogens (tertiary/aromatic N) is 3. The molecule has 0 spiro atoms. The Labute approximate surface area is 167 Å². The van der Waals surface area contributed by atoms with Gasteiger partial charge in [-0.15, -0.1) is 0 Å². The first-order valence-electron chi connectivity index (χ1n) is 9.49. The third-order valence-electron chi connectivity index (χ3n) is 4.15. The van der Waals surface area contributed by atoms with E-state index in [4.69, 9.17) is 9.73 Å². The zero-order chi connectivity index (χ0) is 20.4. The van der Waals surface area contributed by atoms with Crippen molar-refractivity contribution in [3.8, 4) is 5.75 Å². The van der Waals surface area contributed by atoms with Gasteiger partial charge in [0.25, 0.3) is 5.91 Å². The number of para-hydroxylation sites is 1. The number of carbonyl (C=O) groups is 1. The number of guanidine groups is 1. The monoisotopic (exact) mass is 382 g/mol. The van der Waals surface area contributed by atoms with Crippen LogP contribution in [0.2, 0.25) is 0 Å². The minimum absolute atomic E-state index is 0.00143. The lowest BCUT2D eigenvalue weighted by atomic mass is 10.1. The minimum Gasteiger partial charge on any atom is -0.492 e. The SMILES string of the molecule is CCNC(=NCc1ccc(C(=O)N(C)C)cc1)N(C)CCOc1ccccc1. The summed E-state index contributed by atoms with van der Waals surface area (Å²) < 4.78 is 5.76. The molecule has 0 aliphatic heterocycles. The number of likely N-dealkylation sites (N-methyl/N-ethyl adjacent to an activating group) is 1. The van der Waals surface area contributed by atoms with Crippen molar-refractivity contribution in [3.05, 3.63) is 65.7 Å². The highest BCUT2D eigenvalue weighted by Gasteiger charge is 2.08. The summed E-state index contributed by atoms with van der Waals surface area (Å²) in [7, 11) is 5.50. The van der Waals surface area contributed by atoms with E-state index in [0.29, 0.717) is 18.7 Å². The van der Waals surface area contributed by atoms with E-state index in [1.165, 1.54) is 0 Å². The first-order valence-corrected chi connectivity index (χ1v) is 9.49. The van der Waals surface area contributed by atoms with Gasteiger partial charge in [0.1, 0.15) is 12.4 Å². The second kappa shape index (κ2) is 11.0. The number of nitrogens with one attached hydrogen (secondary N) is 1. The van der Waals surface area contributed by atoms with Crippen LogP contribution in [-0.4, -0.2) is 62.5 Å². The lowest BCUT2D eigenvalue weighted by molar-refractivity contribution is 0.0827. The predicted octanol–water partition coefficient (Wildman–Crippen LogP) is 2.86. The molecular weight excluding hydrogens is 352 g/mol. The van der Waals surface area contributed by atoms with Crippen LogP contribution in [0, 0.1) is 0 Å². The predicted molar refractivity (Wildman–Crippen MR) is 114 cm³/mol. The topological polar surface area (TPSA) is 57.2 Å². The van der Waals surface area contributed by atoms with Crippen LogP contribution in [0.5, 0.6) is 5.75 Å². The number of hydrogen-bond donors (Lipinski definition) is 1. The van der Waals surface area contributed by atoms with E-state index >= 15 is 0 Å². The third-order valence-corrected chi connectivity index (χ3v) is 4.15. The highest BCUT2D eigenvalue weighted by atomic mass is 16.5. The van der Waals surface area contributed by atoms with Gasteiger partial charge in [-0.3, -0.25) is 4.79 Å². The molecule has 0 aromatic heterocycles. The van der Waals surface area contributed by atoms with Crippen LogP contribution in [0.3, 0.4) is 0 Å². The molecule has 6 heteroatoms. The van der Waals surface area contributed by atoms with Gasteiger partial charge >= 0.3 is 0 Å². The van der Waals surface area contributed by atoms with Crippen molar-refractivity contribution in [2.24, 2.45) is 4.99 Å². The smallest absolute Gasteiger partial charge is 0.253 e. The maximum Gasteiger partial charge on any atom is 0.253 e. The Morgan fingerprint density at radius 3 is 2.32 bits per heavy atom. The molecule has 2 aromatic carbocycles. The zero-order valence-electron chi connectivity index (χ0n) is 17.2. The number of rotatable bonds is 8. The Bertz CT molecular complexity index is 758. The van der Waals surface area contributed by atoms with E-state index in [1.54, 1.807) is 19.0 Å². The molecule has 0 heterocycles. The number of ether oxygens (including phenoxy) is 1. The lowest BCUT2D eigenvalue weighted by Gasteiger charge is -2.22. The standard InChI is InChI=1S/C22H30N4O2/c1-5-23-22(26(4)15-16-28-20-9-7-6-8-10-20)24-17-18-11-13-19(14-12-18)21(27)25(2)3/h6-14H,5,15-17H2,1-4H3,(H,23,24). The fraction of sp³-hybridized carbons (Fsp3) is 0.364. The molecule has 0 atom stereocenters. The first-order chi connectivity index (χ1) is 13.5. The van der Waals surface area contributed by atoms with Crippen LogP contribution < -0.4 is 10.1 Å². The highest BCUT2D eigenvalue weighted by Crippen LogP contribution is 2.09. The fourth-order valence-corrected chi connectivity index (χ4v) is 2.57. The van der Waals surface area contributed by atoms with Gasteiger partial charge in [-0.05, 0) is 36.8 Å². The zero-order valence-corrected chi connectivity index (χ0v) is 17.2. The molecule has 0 aliphatic rings. The molecule has 0 radical (unpaired) electrons. The molecule has 0 bridgehead atoms. The number of carbonyl (C=O) groups excluding carboxylic acids is 1. The van der Waals surface area contributed by atoms with Crippen LogP contribution in [0.15, 0.2) is 59.6 Å². The van der Waals surface area contributed by atoms with Crippen molar-refractivity contribution >= 4 is 11.9 Å². The summed E-state index contributed by atoms with van der Waals surface area (Å²) in [6.45, 7) is 4.68. The average Bonchev–Trinajstić information content (AvgIpc) is 2.71. The van der Waals surface area contributed by atoms with Gasteiger partial charge in [-0.2, -0.15) is 0 Å². The van der Waals surface area contributed by atoms with Crippen molar-refractivity contribution in [1.29, 1.82) is 0 Å². The molecule has 0 saturated carbocycles. The average molecular weight is 383 g/mol. The Kier molecular flexibility index (Phi) is 8.34. The van der Waals surface area contributed by atoms with Gasteiger partial charge in [-0.1, -0.05) is 30.3 Å². The molecule has 6 nitrogen and oxygen atoms in total. The maximum absolute atomic E-state index is 12.0. The summed E-state index contributed by atoms with van der Waals surface area (Å²) in [5.74, 6) is 1.69. The molecule has 0 aliphatic carbocycles. The Hall–Kier alpha value is -3.02. The molecule has 1 N–H and O–H groups in total. The van der Waals surface area contributed by atoms with Crippen LogP contribution in [-0.2, 0) is 6.54 Å². The molecule has 2 aromatic rings. The summed E-state index contributed by atoms with van der Waals surface area (Å²) in [5.41, 5.74) is 1.74. The molecule has 1 amide bonds. The number of aliphatic imine (C=N–C) groups is 1. The maximum atomic E-state index is 12.0. The number of hydrogen-bond acceptors (Lipinski definition) is 3. The van der Waals surface area contributed by atoms with E-state index in [2.05, 4.69) is 10.2 Å².